The van der Waals surface area contributed by atoms with Crippen molar-refractivity contribution < 1.29 is 18.8 Å². The average Bonchev–Trinajstić information content (AvgIpc) is 2.87. The Labute approximate surface area is 225 Å². The lowest BCUT2D eigenvalue weighted by Gasteiger charge is -2.47. The molecular formula is C28H36BrN3O5. The maximum Gasteiger partial charge on any atom is 0.287 e. The SMILES string of the molecule is CC(C)(C)NC(=O)C1(C2CCCCC2)CCN(C(=O)CNC(=O)c2cc(=O)c3cc(Br)ccc3o2)CC1. The molecule has 2 aromatic rings. The first-order valence-corrected chi connectivity index (χ1v) is 13.9. The second-order valence-corrected chi connectivity index (χ2v) is 12.3. The number of nitrogens with zero attached hydrogens (tertiary/aromatic N) is 1. The van der Waals surface area contributed by atoms with Gasteiger partial charge in [-0.05, 0) is 70.6 Å². The third-order valence-electron chi connectivity index (χ3n) is 7.65. The third-order valence-corrected chi connectivity index (χ3v) is 8.14. The van der Waals surface area contributed by atoms with Gasteiger partial charge in [0.15, 0.2) is 11.2 Å². The quantitative estimate of drug-likeness (QED) is 0.551. The molecule has 1 aromatic heterocycles. The summed E-state index contributed by atoms with van der Waals surface area (Å²) < 4.78 is 6.33. The molecule has 9 heteroatoms. The van der Waals surface area contributed by atoms with E-state index in [0.29, 0.717) is 42.8 Å². The first-order chi connectivity index (χ1) is 17.5. The predicted octanol–water partition coefficient (Wildman–Crippen LogP) is 4.39. The second kappa shape index (κ2) is 11.0. The Balaban J connectivity index is 1.39. The van der Waals surface area contributed by atoms with Crippen LogP contribution < -0.4 is 16.1 Å². The van der Waals surface area contributed by atoms with Gasteiger partial charge in [-0.25, -0.2) is 0 Å². The van der Waals surface area contributed by atoms with Gasteiger partial charge in [-0.2, -0.15) is 0 Å². The molecule has 37 heavy (non-hydrogen) atoms. The van der Waals surface area contributed by atoms with Gasteiger partial charge in [-0.1, -0.05) is 35.2 Å². The summed E-state index contributed by atoms with van der Waals surface area (Å²) in [5.41, 5.74) is -0.806. The zero-order valence-corrected chi connectivity index (χ0v) is 23.4. The molecule has 8 nitrogen and oxygen atoms in total. The Hall–Kier alpha value is -2.68. The van der Waals surface area contributed by atoms with E-state index in [-0.39, 0.29) is 35.1 Å². The van der Waals surface area contributed by atoms with E-state index in [1.54, 1.807) is 23.1 Å². The normalized spacial score (nSPS) is 18.4. The molecule has 2 heterocycles. The first kappa shape index (κ1) is 27.4. The lowest BCUT2D eigenvalue weighted by Crippen LogP contribution is -2.57. The van der Waals surface area contributed by atoms with Crippen LogP contribution in [-0.4, -0.2) is 47.8 Å². The highest BCUT2D eigenvalue weighted by molar-refractivity contribution is 9.10. The Bertz CT molecular complexity index is 1230. The number of piperidine rings is 1. The van der Waals surface area contributed by atoms with Crippen molar-refractivity contribution >= 4 is 44.6 Å². The van der Waals surface area contributed by atoms with Crippen LogP contribution in [0.2, 0.25) is 0 Å². The number of likely N-dealkylation sites (tertiary alicyclic amines) is 1. The maximum absolute atomic E-state index is 13.5. The number of rotatable bonds is 5. The van der Waals surface area contributed by atoms with Crippen molar-refractivity contribution in [2.45, 2.75) is 71.3 Å². The number of fused-ring (bicyclic) bond motifs is 1. The standard InChI is InChI=1S/C28H36BrN3O5/c1-27(2,3)31-26(36)28(18-7-5-4-6-8-18)11-13-32(14-12-28)24(34)17-30-25(35)23-16-21(33)20-15-19(29)9-10-22(20)37-23/h9-10,15-16,18H,4-8,11-14,17H2,1-3H3,(H,30,35)(H,31,36). The van der Waals surface area contributed by atoms with Crippen LogP contribution in [0.3, 0.4) is 0 Å². The molecule has 2 aliphatic rings. The molecule has 1 saturated carbocycles. The van der Waals surface area contributed by atoms with Crippen LogP contribution in [0.4, 0.5) is 0 Å². The molecular weight excluding hydrogens is 538 g/mol. The van der Waals surface area contributed by atoms with Gasteiger partial charge >= 0.3 is 0 Å². The number of hydrogen-bond donors (Lipinski definition) is 2. The Morgan fingerprint density at radius 3 is 2.41 bits per heavy atom. The minimum Gasteiger partial charge on any atom is -0.451 e. The van der Waals surface area contributed by atoms with Crippen molar-refractivity contribution in [2.75, 3.05) is 19.6 Å². The van der Waals surface area contributed by atoms with Crippen LogP contribution in [0.25, 0.3) is 11.0 Å². The molecule has 1 aromatic carbocycles. The lowest BCUT2D eigenvalue weighted by atomic mass is 9.63. The zero-order valence-electron chi connectivity index (χ0n) is 21.8. The van der Waals surface area contributed by atoms with E-state index in [0.717, 1.165) is 36.2 Å². The fourth-order valence-corrected chi connectivity index (χ4v) is 6.05. The van der Waals surface area contributed by atoms with Crippen LogP contribution in [0, 0.1) is 11.3 Å². The molecule has 1 saturated heterocycles. The van der Waals surface area contributed by atoms with Gasteiger partial charge in [0.25, 0.3) is 5.91 Å². The van der Waals surface area contributed by atoms with Gasteiger partial charge in [-0.15, -0.1) is 0 Å². The Kier molecular flexibility index (Phi) is 8.11. The molecule has 200 valence electrons. The van der Waals surface area contributed by atoms with E-state index >= 15 is 0 Å². The second-order valence-electron chi connectivity index (χ2n) is 11.4. The zero-order chi connectivity index (χ0) is 26.8. The average molecular weight is 575 g/mol. The minimum atomic E-state index is -0.617. The van der Waals surface area contributed by atoms with E-state index in [1.165, 1.54) is 6.42 Å². The van der Waals surface area contributed by atoms with Crippen LogP contribution in [0.5, 0.6) is 0 Å². The first-order valence-electron chi connectivity index (χ1n) is 13.1. The number of halogens is 1. The summed E-state index contributed by atoms with van der Waals surface area (Å²) in [6.45, 7) is 6.74. The van der Waals surface area contributed by atoms with E-state index in [1.807, 2.05) is 20.8 Å². The van der Waals surface area contributed by atoms with Crippen molar-refractivity contribution in [3.8, 4) is 0 Å². The summed E-state index contributed by atoms with van der Waals surface area (Å²) in [6.07, 6.45) is 6.85. The summed E-state index contributed by atoms with van der Waals surface area (Å²) in [5.74, 6) is -0.536. The van der Waals surface area contributed by atoms with E-state index < -0.39 is 11.3 Å². The maximum atomic E-state index is 13.5. The number of benzene rings is 1. The fraction of sp³-hybridized carbons (Fsp3) is 0.571. The van der Waals surface area contributed by atoms with Crippen LogP contribution in [0.1, 0.15) is 76.3 Å². The molecule has 0 unspecified atom stereocenters. The summed E-state index contributed by atoms with van der Waals surface area (Å²) in [5, 5.41) is 6.17. The molecule has 0 spiro atoms. The summed E-state index contributed by atoms with van der Waals surface area (Å²) >= 11 is 3.32. The third kappa shape index (κ3) is 6.25. The number of nitrogens with one attached hydrogen (secondary N) is 2. The topological polar surface area (TPSA) is 109 Å². The van der Waals surface area contributed by atoms with Gasteiger partial charge in [0.05, 0.1) is 17.3 Å². The summed E-state index contributed by atoms with van der Waals surface area (Å²) in [7, 11) is 0. The summed E-state index contributed by atoms with van der Waals surface area (Å²) in [4.78, 5) is 53.2. The molecule has 1 aliphatic carbocycles. The van der Waals surface area contributed by atoms with Crippen molar-refractivity contribution in [1.29, 1.82) is 0 Å². The highest BCUT2D eigenvalue weighted by atomic mass is 79.9. The minimum absolute atomic E-state index is 0.102. The van der Waals surface area contributed by atoms with Crippen LogP contribution >= 0.6 is 15.9 Å². The monoisotopic (exact) mass is 573 g/mol. The molecule has 3 amide bonds. The van der Waals surface area contributed by atoms with Gasteiger partial charge in [-0.3, -0.25) is 19.2 Å². The number of amides is 3. The predicted molar refractivity (Wildman–Crippen MR) is 145 cm³/mol. The van der Waals surface area contributed by atoms with Gasteiger partial charge < -0.3 is 20.0 Å². The van der Waals surface area contributed by atoms with E-state index in [9.17, 15) is 19.2 Å². The molecule has 4 rings (SSSR count). The largest absolute Gasteiger partial charge is 0.451 e. The van der Waals surface area contributed by atoms with Gasteiger partial charge in [0.2, 0.25) is 11.8 Å². The summed E-state index contributed by atoms with van der Waals surface area (Å²) in [6, 6.07) is 6.12. The fourth-order valence-electron chi connectivity index (χ4n) is 5.69. The van der Waals surface area contributed by atoms with Gasteiger partial charge in [0.1, 0.15) is 5.58 Å². The number of hydrogen-bond acceptors (Lipinski definition) is 5. The van der Waals surface area contributed by atoms with Gasteiger partial charge in [0, 0.05) is 29.2 Å². The van der Waals surface area contributed by atoms with E-state index in [2.05, 4.69) is 26.6 Å². The van der Waals surface area contributed by atoms with Crippen LogP contribution in [0.15, 0.2) is 37.9 Å². The smallest absolute Gasteiger partial charge is 0.287 e. The highest BCUT2D eigenvalue weighted by Crippen LogP contribution is 2.46. The molecule has 2 fully saturated rings. The Morgan fingerprint density at radius 1 is 1.08 bits per heavy atom. The highest BCUT2D eigenvalue weighted by Gasteiger charge is 2.48. The van der Waals surface area contributed by atoms with Crippen molar-refractivity contribution in [3.63, 3.8) is 0 Å². The van der Waals surface area contributed by atoms with Crippen molar-refractivity contribution in [1.82, 2.24) is 15.5 Å². The molecule has 0 radical (unpaired) electrons. The molecule has 0 bridgehead atoms. The number of carbonyl (C=O) groups is 3. The lowest BCUT2D eigenvalue weighted by molar-refractivity contribution is -0.145. The van der Waals surface area contributed by atoms with Crippen LogP contribution in [-0.2, 0) is 9.59 Å². The number of carbonyl (C=O) groups excluding carboxylic acids is 3. The van der Waals surface area contributed by atoms with Crippen molar-refractivity contribution in [2.24, 2.45) is 11.3 Å². The molecule has 2 N–H and O–H groups in total. The van der Waals surface area contributed by atoms with Crippen molar-refractivity contribution in [3.05, 3.63) is 44.7 Å². The van der Waals surface area contributed by atoms with E-state index in [4.69, 9.17) is 4.42 Å². The molecule has 0 atom stereocenters. The Morgan fingerprint density at radius 2 is 1.76 bits per heavy atom. The molecule has 1 aliphatic heterocycles.